The zero-order valence-corrected chi connectivity index (χ0v) is 8.74. The lowest BCUT2D eigenvalue weighted by Crippen LogP contribution is -2.41. The monoisotopic (exact) mass is 198 g/mol. The number of morpholine rings is 1. The van der Waals surface area contributed by atoms with Gasteiger partial charge in [0.25, 0.3) is 0 Å². The van der Waals surface area contributed by atoms with Crippen LogP contribution >= 0.6 is 0 Å². The van der Waals surface area contributed by atoms with Crippen LogP contribution in [-0.4, -0.2) is 55.1 Å². The molecule has 0 aromatic carbocycles. The Labute approximate surface area is 85.1 Å². The van der Waals surface area contributed by atoms with Gasteiger partial charge in [0.1, 0.15) is 0 Å². The second-order valence-corrected chi connectivity index (χ2v) is 3.35. The number of nitrogens with zero attached hydrogens (tertiary/aromatic N) is 2. The Morgan fingerprint density at radius 3 is 2.71 bits per heavy atom. The van der Waals surface area contributed by atoms with Crippen molar-refractivity contribution < 1.29 is 9.53 Å². The average Bonchev–Trinajstić information content (AvgIpc) is 2.20. The molecule has 1 fully saturated rings. The first-order valence-electron chi connectivity index (χ1n) is 4.94. The van der Waals surface area contributed by atoms with E-state index >= 15 is 0 Å². The molecule has 4 heteroatoms. The van der Waals surface area contributed by atoms with Crippen LogP contribution in [0.5, 0.6) is 0 Å². The van der Waals surface area contributed by atoms with Gasteiger partial charge in [0, 0.05) is 33.1 Å². The fourth-order valence-corrected chi connectivity index (χ4v) is 1.45. The molecule has 0 atom stereocenters. The molecule has 1 saturated heterocycles. The molecule has 0 aromatic rings. The van der Waals surface area contributed by atoms with E-state index in [1.54, 1.807) is 18.0 Å². The normalized spacial score (nSPS) is 17.8. The Kier molecular flexibility index (Phi) is 4.62. The molecule has 0 saturated carbocycles. The molecule has 1 rings (SSSR count). The first-order chi connectivity index (χ1) is 6.74. The number of hydrogen-bond donors (Lipinski definition) is 0. The number of hydrogen-bond acceptors (Lipinski definition) is 3. The largest absolute Gasteiger partial charge is 0.379 e. The molecular formula is C10H18N2O2. The lowest BCUT2D eigenvalue weighted by molar-refractivity contribution is -0.126. The molecule has 0 aliphatic carbocycles. The summed E-state index contributed by atoms with van der Waals surface area (Å²) in [4.78, 5) is 15.0. The maximum absolute atomic E-state index is 11.1. The highest BCUT2D eigenvalue weighted by Crippen LogP contribution is 1.98. The van der Waals surface area contributed by atoms with E-state index in [1.165, 1.54) is 0 Å². The number of carbonyl (C=O) groups excluding carboxylic acids is 1. The molecule has 14 heavy (non-hydrogen) atoms. The summed E-state index contributed by atoms with van der Waals surface area (Å²) in [5.74, 6) is 0.0493. The number of ether oxygens (including phenoxy) is 1. The summed E-state index contributed by atoms with van der Waals surface area (Å²) in [6.45, 7) is 10.3. The Bertz CT molecular complexity index is 200. The SMILES string of the molecule is C=CN(CCN1CCOCC1)C(C)=O. The van der Waals surface area contributed by atoms with Gasteiger partial charge in [-0.25, -0.2) is 0 Å². The van der Waals surface area contributed by atoms with Crippen molar-refractivity contribution in [1.82, 2.24) is 9.80 Å². The van der Waals surface area contributed by atoms with Crippen LogP contribution in [0.25, 0.3) is 0 Å². The predicted molar refractivity (Wildman–Crippen MR) is 54.8 cm³/mol. The van der Waals surface area contributed by atoms with E-state index in [0.29, 0.717) is 0 Å². The molecule has 0 radical (unpaired) electrons. The topological polar surface area (TPSA) is 32.8 Å². The maximum atomic E-state index is 11.1. The van der Waals surface area contributed by atoms with Crippen LogP contribution in [0.3, 0.4) is 0 Å². The summed E-state index contributed by atoms with van der Waals surface area (Å²) >= 11 is 0. The Balaban J connectivity index is 2.23. The summed E-state index contributed by atoms with van der Waals surface area (Å²) in [7, 11) is 0. The van der Waals surface area contributed by atoms with Gasteiger partial charge in [-0.15, -0.1) is 0 Å². The van der Waals surface area contributed by atoms with Gasteiger partial charge in [-0.3, -0.25) is 9.69 Å². The van der Waals surface area contributed by atoms with Crippen molar-refractivity contribution in [1.29, 1.82) is 0 Å². The highest BCUT2D eigenvalue weighted by Gasteiger charge is 2.11. The standard InChI is InChI=1S/C10H18N2O2/c1-3-12(10(2)13)5-4-11-6-8-14-9-7-11/h3H,1,4-9H2,2H3. The number of rotatable bonds is 4. The molecule has 1 aliphatic heterocycles. The molecule has 0 N–H and O–H groups in total. The third-order valence-corrected chi connectivity index (χ3v) is 2.39. The van der Waals surface area contributed by atoms with Crippen LogP contribution in [0.4, 0.5) is 0 Å². The molecule has 1 amide bonds. The van der Waals surface area contributed by atoms with Gasteiger partial charge < -0.3 is 9.64 Å². The van der Waals surface area contributed by atoms with Gasteiger partial charge in [-0.2, -0.15) is 0 Å². The molecule has 4 nitrogen and oxygen atoms in total. The van der Waals surface area contributed by atoms with Crippen LogP contribution in [0, 0.1) is 0 Å². The fraction of sp³-hybridized carbons (Fsp3) is 0.700. The molecule has 0 aromatic heterocycles. The Hall–Kier alpha value is -0.870. The first kappa shape index (κ1) is 11.2. The van der Waals surface area contributed by atoms with Crippen molar-refractivity contribution in [2.45, 2.75) is 6.92 Å². The van der Waals surface area contributed by atoms with E-state index in [2.05, 4.69) is 11.5 Å². The van der Waals surface area contributed by atoms with Gasteiger partial charge in [0.15, 0.2) is 0 Å². The van der Waals surface area contributed by atoms with Gasteiger partial charge in [0.05, 0.1) is 13.2 Å². The summed E-state index contributed by atoms with van der Waals surface area (Å²) in [6, 6.07) is 0. The maximum Gasteiger partial charge on any atom is 0.223 e. The van der Waals surface area contributed by atoms with Crippen molar-refractivity contribution in [3.05, 3.63) is 12.8 Å². The van der Waals surface area contributed by atoms with E-state index in [0.717, 1.165) is 39.4 Å². The van der Waals surface area contributed by atoms with Crippen molar-refractivity contribution >= 4 is 5.91 Å². The van der Waals surface area contributed by atoms with Crippen molar-refractivity contribution in [2.24, 2.45) is 0 Å². The van der Waals surface area contributed by atoms with Crippen molar-refractivity contribution in [3.63, 3.8) is 0 Å². The summed E-state index contributed by atoms with van der Waals surface area (Å²) < 4.78 is 5.24. The van der Waals surface area contributed by atoms with E-state index < -0.39 is 0 Å². The third-order valence-electron chi connectivity index (χ3n) is 2.39. The highest BCUT2D eigenvalue weighted by atomic mass is 16.5. The summed E-state index contributed by atoms with van der Waals surface area (Å²) in [5, 5.41) is 0. The first-order valence-corrected chi connectivity index (χ1v) is 4.94. The van der Waals surface area contributed by atoms with Crippen molar-refractivity contribution in [2.75, 3.05) is 39.4 Å². The second kappa shape index (κ2) is 5.78. The van der Waals surface area contributed by atoms with E-state index in [4.69, 9.17) is 4.74 Å². The predicted octanol–water partition coefficient (Wildman–Crippen LogP) is 0.311. The third kappa shape index (κ3) is 3.47. The Morgan fingerprint density at radius 1 is 1.57 bits per heavy atom. The van der Waals surface area contributed by atoms with Gasteiger partial charge >= 0.3 is 0 Å². The summed E-state index contributed by atoms with van der Waals surface area (Å²) in [5.41, 5.74) is 0. The minimum absolute atomic E-state index is 0.0493. The van der Waals surface area contributed by atoms with E-state index in [1.807, 2.05) is 0 Å². The highest BCUT2D eigenvalue weighted by molar-refractivity contribution is 5.74. The molecule has 0 unspecified atom stereocenters. The van der Waals surface area contributed by atoms with E-state index in [9.17, 15) is 4.79 Å². The molecule has 1 aliphatic rings. The number of carbonyl (C=O) groups is 1. The lowest BCUT2D eigenvalue weighted by Gasteiger charge is -2.28. The van der Waals surface area contributed by atoms with Gasteiger partial charge in [0.2, 0.25) is 5.91 Å². The second-order valence-electron chi connectivity index (χ2n) is 3.35. The van der Waals surface area contributed by atoms with Gasteiger partial charge in [-0.05, 0) is 6.20 Å². The lowest BCUT2D eigenvalue weighted by atomic mass is 10.4. The van der Waals surface area contributed by atoms with Crippen LogP contribution in [0.15, 0.2) is 12.8 Å². The zero-order chi connectivity index (χ0) is 10.4. The number of amides is 1. The minimum Gasteiger partial charge on any atom is -0.379 e. The minimum atomic E-state index is 0.0493. The molecule has 80 valence electrons. The fourth-order valence-electron chi connectivity index (χ4n) is 1.45. The molecule has 0 bridgehead atoms. The van der Waals surface area contributed by atoms with Crippen LogP contribution in [0.1, 0.15) is 6.92 Å². The van der Waals surface area contributed by atoms with E-state index in [-0.39, 0.29) is 5.91 Å². The zero-order valence-electron chi connectivity index (χ0n) is 8.74. The average molecular weight is 198 g/mol. The smallest absolute Gasteiger partial charge is 0.223 e. The Morgan fingerprint density at radius 2 is 2.21 bits per heavy atom. The molecule has 1 heterocycles. The van der Waals surface area contributed by atoms with Crippen molar-refractivity contribution in [3.8, 4) is 0 Å². The molecular weight excluding hydrogens is 180 g/mol. The van der Waals surface area contributed by atoms with Crippen LogP contribution in [-0.2, 0) is 9.53 Å². The molecule has 0 spiro atoms. The van der Waals surface area contributed by atoms with Gasteiger partial charge in [-0.1, -0.05) is 6.58 Å². The van der Waals surface area contributed by atoms with Crippen LogP contribution < -0.4 is 0 Å². The van der Waals surface area contributed by atoms with Crippen LogP contribution in [0.2, 0.25) is 0 Å². The quantitative estimate of drug-likeness (QED) is 0.652. The summed E-state index contributed by atoms with van der Waals surface area (Å²) in [6.07, 6.45) is 1.59.